The summed E-state index contributed by atoms with van der Waals surface area (Å²) in [7, 11) is 0. The first-order chi connectivity index (χ1) is 12.2. The largest absolute Gasteiger partial charge is 0.276 e. The van der Waals surface area contributed by atoms with Crippen molar-refractivity contribution in [2.45, 2.75) is 57.0 Å². The van der Waals surface area contributed by atoms with Crippen LogP contribution < -0.4 is 5.43 Å². The number of nitrogens with one attached hydrogen (secondary N) is 1. The third-order valence-electron chi connectivity index (χ3n) is 5.95. The third kappa shape index (κ3) is 3.30. The van der Waals surface area contributed by atoms with Crippen molar-refractivity contribution < 1.29 is 9.59 Å². The molecule has 5 nitrogen and oxygen atoms in total. The first kappa shape index (κ1) is 16.6. The zero-order chi connectivity index (χ0) is 17.2. The van der Waals surface area contributed by atoms with Crippen LogP contribution in [-0.2, 0) is 9.59 Å². The first-order valence-electron chi connectivity index (χ1n) is 9.66. The minimum absolute atomic E-state index is 0.0138. The van der Waals surface area contributed by atoms with E-state index in [1.807, 2.05) is 30.3 Å². The topological polar surface area (TPSA) is 52.7 Å². The van der Waals surface area contributed by atoms with E-state index in [0.29, 0.717) is 12.5 Å². The Kier molecular flexibility index (Phi) is 4.75. The van der Waals surface area contributed by atoms with Crippen LogP contribution in [0.4, 0.5) is 0 Å². The Morgan fingerprint density at radius 1 is 0.960 bits per heavy atom. The summed E-state index contributed by atoms with van der Waals surface area (Å²) < 4.78 is 0. The van der Waals surface area contributed by atoms with E-state index < -0.39 is 0 Å². The van der Waals surface area contributed by atoms with Gasteiger partial charge in [-0.2, -0.15) is 0 Å². The number of hydrogen-bond acceptors (Lipinski definition) is 3. The van der Waals surface area contributed by atoms with Crippen LogP contribution in [0.1, 0.15) is 56.6 Å². The van der Waals surface area contributed by atoms with Gasteiger partial charge in [-0.05, 0) is 37.2 Å². The average Bonchev–Trinajstić information content (AvgIpc) is 3.09. The van der Waals surface area contributed by atoms with Gasteiger partial charge >= 0.3 is 0 Å². The summed E-state index contributed by atoms with van der Waals surface area (Å²) >= 11 is 0. The van der Waals surface area contributed by atoms with Crippen molar-refractivity contribution in [2.75, 3.05) is 13.1 Å². The molecule has 2 aliphatic heterocycles. The molecule has 4 rings (SSSR count). The quantitative estimate of drug-likeness (QED) is 0.919. The summed E-state index contributed by atoms with van der Waals surface area (Å²) in [4.78, 5) is 28.2. The molecule has 134 valence electrons. The summed E-state index contributed by atoms with van der Waals surface area (Å²) in [6.07, 6.45) is 7.87. The lowest BCUT2D eigenvalue weighted by atomic mass is 9.89. The Hall–Kier alpha value is -1.88. The van der Waals surface area contributed by atoms with Crippen LogP contribution in [-0.4, -0.2) is 40.9 Å². The lowest BCUT2D eigenvalue weighted by Crippen LogP contribution is -2.49. The molecule has 25 heavy (non-hydrogen) atoms. The maximum absolute atomic E-state index is 13.4. The molecule has 2 amide bonds. The molecule has 1 aromatic rings. The minimum Gasteiger partial charge on any atom is -0.276 e. The number of amides is 2. The third-order valence-corrected chi connectivity index (χ3v) is 5.95. The van der Waals surface area contributed by atoms with E-state index in [-0.39, 0.29) is 23.9 Å². The molecule has 1 aliphatic carbocycles. The number of fused-ring (bicyclic) bond motifs is 1. The molecule has 1 N–H and O–H groups in total. The van der Waals surface area contributed by atoms with Gasteiger partial charge in [-0.15, -0.1) is 0 Å². The zero-order valence-electron chi connectivity index (χ0n) is 14.7. The summed E-state index contributed by atoms with van der Waals surface area (Å²) in [5, 5.41) is 1.63. The Morgan fingerprint density at radius 2 is 1.72 bits per heavy atom. The van der Waals surface area contributed by atoms with Gasteiger partial charge in [-0.3, -0.25) is 24.9 Å². The van der Waals surface area contributed by atoms with Crippen molar-refractivity contribution in [3.05, 3.63) is 35.9 Å². The maximum Gasteiger partial charge on any atom is 0.262 e. The monoisotopic (exact) mass is 341 g/mol. The molecule has 0 aromatic heterocycles. The molecule has 0 unspecified atom stereocenters. The van der Waals surface area contributed by atoms with Gasteiger partial charge < -0.3 is 0 Å². The number of carbonyl (C=O) groups is 2. The van der Waals surface area contributed by atoms with Crippen LogP contribution in [0.25, 0.3) is 0 Å². The SMILES string of the molecule is O=C1NN(CC2CCCCC2)C(=O)[C@@H](c2ccccc2)N2CCC[C@@H]12. The lowest BCUT2D eigenvalue weighted by molar-refractivity contribution is -0.142. The second-order valence-electron chi connectivity index (χ2n) is 7.64. The van der Waals surface area contributed by atoms with Crippen molar-refractivity contribution in [1.82, 2.24) is 15.3 Å². The van der Waals surface area contributed by atoms with Crippen LogP contribution in [0.2, 0.25) is 0 Å². The number of nitrogens with zero attached hydrogens (tertiary/aromatic N) is 2. The van der Waals surface area contributed by atoms with Crippen molar-refractivity contribution in [2.24, 2.45) is 5.92 Å². The van der Waals surface area contributed by atoms with Gasteiger partial charge in [-0.1, -0.05) is 49.6 Å². The van der Waals surface area contributed by atoms with E-state index >= 15 is 0 Å². The zero-order valence-corrected chi connectivity index (χ0v) is 14.7. The fourth-order valence-electron chi connectivity index (χ4n) is 4.66. The first-order valence-corrected chi connectivity index (χ1v) is 9.66. The van der Waals surface area contributed by atoms with Gasteiger partial charge in [0.1, 0.15) is 6.04 Å². The van der Waals surface area contributed by atoms with Gasteiger partial charge in [0.05, 0.1) is 6.04 Å². The summed E-state index contributed by atoms with van der Waals surface area (Å²) in [6, 6.07) is 9.38. The maximum atomic E-state index is 13.4. The molecule has 3 aliphatic rings. The second kappa shape index (κ2) is 7.16. The van der Waals surface area contributed by atoms with E-state index in [1.54, 1.807) is 5.01 Å². The Labute approximate surface area is 149 Å². The van der Waals surface area contributed by atoms with Crippen molar-refractivity contribution >= 4 is 11.8 Å². The predicted octanol–water partition coefficient (Wildman–Crippen LogP) is 2.65. The van der Waals surface area contributed by atoms with Crippen LogP contribution in [0, 0.1) is 5.92 Å². The highest BCUT2D eigenvalue weighted by Gasteiger charge is 2.45. The predicted molar refractivity (Wildman–Crippen MR) is 95.3 cm³/mol. The number of carbonyl (C=O) groups excluding carboxylic acids is 2. The summed E-state index contributed by atoms with van der Waals surface area (Å²) in [5.41, 5.74) is 3.94. The Morgan fingerprint density at radius 3 is 2.48 bits per heavy atom. The van der Waals surface area contributed by atoms with Gasteiger partial charge in [0.15, 0.2) is 0 Å². The van der Waals surface area contributed by atoms with Crippen LogP contribution in [0.5, 0.6) is 0 Å². The normalized spacial score (nSPS) is 28.6. The van der Waals surface area contributed by atoms with E-state index in [9.17, 15) is 9.59 Å². The Bertz CT molecular complexity index is 627. The van der Waals surface area contributed by atoms with Crippen molar-refractivity contribution in [3.63, 3.8) is 0 Å². The highest BCUT2D eigenvalue weighted by molar-refractivity contribution is 5.91. The van der Waals surface area contributed by atoms with Crippen LogP contribution in [0.15, 0.2) is 30.3 Å². The average molecular weight is 341 g/mol. The highest BCUT2D eigenvalue weighted by Crippen LogP contribution is 2.34. The second-order valence-corrected chi connectivity index (χ2v) is 7.64. The van der Waals surface area contributed by atoms with Gasteiger partial charge in [0.2, 0.25) is 0 Å². The molecular formula is C20H27N3O2. The van der Waals surface area contributed by atoms with Gasteiger partial charge in [0, 0.05) is 13.1 Å². The molecule has 2 atom stereocenters. The minimum atomic E-state index is -0.351. The summed E-state index contributed by atoms with van der Waals surface area (Å²) in [5.74, 6) is 0.511. The Balaban J connectivity index is 1.62. The number of rotatable bonds is 3. The van der Waals surface area contributed by atoms with Gasteiger partial charge in [-0.25, -0.2) is 0 Å². The van der Waals surface area contributed by atoms with E-state index in [2.05, 4.69) is 10.3 Å². The smallest absolute Gasteiger partial charge is 0.262 e. The molecule has 1 saturated carbocycles. The van der Waals surface area contributed by atoms with Crippen molar-refractivity contribution in [3.8, 4) is 0 Å². The molecule has 2 saturated heterocycles. The fraction of sp³-hybridized carbons (Fsp3) is 0.600. The highest BCUT2D eigenvalue weighted by atomic mass is 16.2. The molecule has 0 radical (unpaired) electrons. The summed E-state index contributed by atoms with van der Waals surface area (Å²) in [6.45, 7) is 1.45. The van der Waals surface area contributed by atoms with E-state index in [4.69, 9.17) is 0 Å². The van der Waals surface area contributed by atoms with Crippen LogP contribution >= 0.6 is 0 Å². The molecule has 0 spiro atoms. The number of hydrogen-bond donors (Lipinski definition) is 1. The number of benzene rings is 1. The van der Waals surface area contributed by atoms with E-state index in [0.717, 1.165) is 37.8 Å². The molecule has 1 aromatic carbocycles. The molecule has 3 fully saturated rings. The molecule has 2 heterocycles. The van der Waals surface area contributed by atoms with Gasteiger partial charge in [0.25, 0.3) is 11.8 Å². The lowest BCUT2D eigenvalue weighted by Gasteiger charge is -2.32. The molecular weight excluding hydrogens is 314 g/mol. The van der Waals surface area contributed by atoms with E-state index in [1.165, 1.54) is 19.3 Å². The standard InChI is InChI=1S/C20H27N3O2/c24-19-17-12-7-13-22(17)18(16-10-5-2-6-11-16)20(25)23(21-19)14-15-8-3-1-4-9-15/h2,5-6,10-11,15,17-18H,1,3-4,7-9,12-14H2,(H,21,24)/t17-,18+/m0/s1. The number of hydrazine groups is 1. The fourth-order valence-corrected chi connectivity index (χ4v) is 4.66. The van der Waals surface area contributed by atoms with Crippen LogP contribution in [0.3, 0.4) is 0 Å². The molecule has 0 bridgehead atoms. The molecule has 5 heteroatoms. The van der Waals surface area contributed by atoms with Crippen molar-refractivity contribution in [1.29, 1.82) is 0 Å².